The average Bonchev–Trinajstić information content (AvgIpc) is 2.80. The van der Waals surface area contributed by atoms with Crippen LogP contribution in [0.25, 0.3) is 0 Å². The average molecular weight is 173 g/mol. The fourth-order valence-corrected chi connectivity index (χ4v) is 1.62. The minimum Gasteiger partial charge on any atom is -0.396 e. The number of rotatable bonds is 6. The summed E-state index contributed by atoms with van der Waals surface area (Å²) in [5.74, 6) is 1.26. The Morgan fingerprint density at radius 1 is 1.67 bits per heavy atom. The van der Waals surface area contributed by atoms with E-state index in [1.165, 1.54) is 6.42 Å². The lowest BCUT2D eigenvalue weighted by Crippen LogP contribution is -2.25. The van der Waals surface area contributed by atoms with Gasteiger partial charge in [0.05, 0.1) is 0 Å². The second kappa shape index (κ2) is 4.80. The Morgan fingerprint density at radius 2 is 2.42 bits per heavy atom. The molecule has 0 bridgehead atoms. The molecule has 0 aromatic carbocycles. The number of aliphatic hydroxyl groups is 1. The summed E-state index contributed by atoms with van der Waals surface area (Å²) in [4.78, 5) is 0. The molecule has 0 amide bonds. The third-order valence-electron chi connectivity index (χ3n) is 2.53. The van der Waals surface area contributed by atoms with E-state index in [9.17, 15) is 0 Å². The summed E-state index contributed by atoms with van der Waals surface area (Å²) in [6.45, 7) is 3.85. The van der Waals surface area contributed by atoms with Gasteiger partial charge >= 0.3 is 0 Å². The number of hydrogen-bond donors (Lipinski definition) is 2. The van der Waals surface area contributed by atoms with Crippen LogP contribution < -0.4 is 5.73 Å². The van der Waals surface area contributed by atoms with Crippen LogP contribution in [0.4, 0.5) is 0 Å². The Balaban J connectivity index is 2.06. The lowest BCUT2D eigenvalue weighted by atomic mass is 10.1. The first-order valence-corrected chi connectivity index (χ1v) is 4.73. The molecular weight excluding hydrogens is 154 g/mol. The van der Waals surface area contributed by atoms with E-state index in [0.717, 1.165) is 19.6 Å². The Bertz CT molecular complexity index is 130. The summed E-state index contributed by atoms with van der Waals surface area (Å²) in [5, 5.41) is 8.66. The molecule has 0 saturated heterocycles. The van der Waals surface area contributed by atoms with Gasteiger partial charge in [-0.05, 0) is 31.6 Å². The molecule has 3 heteroatoms. The van der Waals surface area contributed by atoms with Crippen LogP contribution in [0.15, 0.2) is 0 Å². The molecule has 0 aromatic rings. The second-order valence-electron chi connectivity index (χ2n) is 3.50. The quantitative estimate of drug-likeness (QED) is 0.610. The topological polar surface area (TPSA) is 55.5 Å². The Labute approximate surface area is 73.9 Å². The zero-order chi connectivity index (χ0) is 8.97. The fraction of sp³-hybridized carbons (Fsp3) is 1.00. The molecule has 3 unspecified atom stereocenters. The third kappa shape index (κ3) is 2.73. The van der Waals surface area contributed by atoms with E-state index in [2.05, 4.69) is 0 Å². The highest BCUT2D eigenvalue weighted by molar-refractivity contribution is 4.93. The van der Waals surface area contributed by atoms with Crippen molar-refractivity contribution in [2.24, 2.45) is 17.6 Å². The molecular formula is C9H19NO2. The van der Waals surface area contributed by atoms with Gasteiger partial charge in [-0.2, -0.15) is 0 Å². The highest BCUT2D eigenvalue weighted by atomic mass is 16.5. The normalized spacial score (nSPS) is 30.2. The van der Waals surface area contributed by atoms with Crippen LogP contribution in [-0.2, 0) is 4.74 Å². The minimum atomic E-state index is 0.181. The summed E-state index contributed by atoms with van der Waals surface area (Å²) in [5.41, 5.74) is 5.84. The molecule has 0 aliphatic heterocycles. The molecule has 12 heavy (non-hydrogen) atoms. The standard InChI is InChI=1S/C9H19NO2/c1-2-12-6-7-5-8(7)9(10)3-4-11/h7-9,11H,2-6,10H2,1H3. The van der Waals surface area contributed by atoms with Gasteiger partial charge in [0.25, 0.3) is 0 Å². The van der Waals surface area contributed by atoms with Crippen LogP contribution in [0.2, 0.25) is 0 Å². The van der Waals surface area contributed by atoms with Crippen LogP contribution in [-0.4, -0.2) is 31.0 Å². The van der Waals surface area contributed by atoms with Crippen molar-refractivity contribution in [2.45, 2.75) is 25.8 Å². The monoisotopic (exact) mass is 173 g/mol. The molecule has 3 N–H and O–H groups in total. The van der Waals surface area contributed by atoms with Crippen molar-refractivity contribution in [1.82, 2.24) is 0 Å². The van der Waals surface area contributed by atoms with Crippen molar-refractivity contribution in [3.8, 4) is 0 Å². The van der Waals surface area contributed by atoms with E-state index >= 15 is 0 Å². The van der Waals surface area contributed by atoms with Crippen LogP contribution in [0.3, 0.4) is 0 Å². The van der Waals surface area contributed by atoms with Gasteiger partial charge in [-0.25, -0.2) is 0 Å². The van der Waals surface area contributed by atoms with E-state index in [0.29, 0.717) is 11.8 Å². The number of nitrogens with two attached hydrogens (primary N) is 1. The molecule has 1 saturated carbocycles. The fourth-order valence-electron chi connectivity index (χ4n) is 1.62. The van der Waals surface area contributed by atoms with Crippen molar-refractivity contribution in [3.05, 3.63) is 0 Å². The van der Waals surface area contributed by atoms with Gasteiger partial charge < -0.3 is 15.6 Å². The second-order valence-corrected chi connectivity index (χ2v) is 3.50. The van der Waals surface area contributed by atoms with E-state index in [-0.39, 0.29) is 12.6 Å². The molecule has 1 rings (SSSR count). The number of ether oxygens (including phenoxy) is 1. The minimum absolute atomic E-state index is 0.181. The van der Waals surface area contributed by atoms with Gasteiger partial charge in [0.15, 0.2) is 0 Å². The first-order valence-electron chi connectivity index (χ1n) is 4.73. The van der Waals surface area contributed by atoms with Crippen LogP contribution in [0.1, 0.15) is 19.8 Å². The maximum atomic E-state index is 8.66. The molecule has 72 valence electrons. The van der Waals surface area contributed by atoms with E-state index in [1.54, 1.807) is 0 Å². The number of aliphatic hydroxyl groups excluding tert-OH is 1. The zero-order valence-electron chi connectivity index (χ0n) is 7.70. The van der Waals surface area contributed by atoms with Crippen molar-refractivity contribution in [2.75, 3.05) is 19.8 Å². The van der Waals surface area contributed by atoms with Crippen LogP contribution in [0.5, 0.6) is 0 Å². The Morgan fingerprint density at radius 3 is 3.00 bits per heavy atom. The maximum absolute atomic E-state index is 8.66. The largest absolute Gasteiger partial charge is 0.396 e. The molecule has 1 fully saturated rings. The highest BCUT2D eigenvalue weighted by Gasteiger charge is 2.40. The summed E-state index contributed by atoms with van der Waals surface area (Å²) in [6.07, 6.45) is 1.91. The first-order chi connectivity index (χ1) is 5.79. The van der Waals surface area contributed by atoms with Gasteiger partial charge in [0, 0.05) is 25.9 Å². The summed E-state index contributed by atoms with van der Waals surface area (Å²) < 4.78 is 5.30. The van der Waals surface area contributed by atoms with Gasteiger partial charge in [0.2, 0.25) is 0 Å². The van der Waals surface area contributed by atoms with Gasteiger partial charge in [-0.1, -0.05) is 0 Å². The van der Waals surface area contributed by atoms with Crippen molar-refractivity contribution >= 4 is 0 Å². The maximum Gasteiger partial charge on any atom is 0.0497 e. The highest BCUT2D eigenvalue weighted by Crippen LogP contribution is 2.41. The molecule has 0 spiro atoms. The van der Waals surface area contributed by atoms with Gasteiger partial charge in [0.1, 0.15) is 0 Å². The molecule has 1 aliphatic rings. The molecule has 0 radical (unpaired) electrons. The summed E-state index contributed by atoms with van der Waals surface area (Å²) in [7, 11) is 0. The predicted octanol–water partition coefficient (Wildman–Crippen LogP) is 0.369. The van der Waals surface area contributed by atoms with E-state index in [4.69, 9.17) is 15.6 Å². The lowest BCUT2D eigenvalue weighted by molar-refractivity contribution is 0.131. The van der Waals surface area contributed by atoms with Gasteiger partial charge in [-0.15, -0.1) is 0 Å². The summed E-state index contributed by atoms with van der Waals surface area (Å²) in [6, 6.07) is 0.181. The SMILES string of the molecule is CCOCC1CC1C(N)CCO. The smallest absolute Gasteiger partial charge is 0.0497 e. The molecule has 0 aromatic heterocycles. The Hall–Kier alpha value is -0.120. The molecule has 0 heterocycles. The lowest BCUT2D eigenvalue weighted by Gasteiger charge is -2.08. The van der Waals surface area contributed by atoms with Crippen LogP contribution in [0, 0.1) is 11.8 Å². The predicted molar refractivity (Wildman–Crippen MR) is 47.8 cm³/mol. The van der Waals surface area contributed by atoms with E-state index in [1.807, 2.05) is 6.92 Å². The molecule has 1 aliphatic carbocycles. The Kier molecular flexibility index (Phi) is 3.98. The number of hydrogen-bond acceptors (Lipinski definition) is 3. The zero-order valence-corrected chi connectivity index (χ0v) is 7.70. The van der Waals surface area contributed by atoms with Crippen molar-refractivity contribution in [3.63, 3.8) is 0 Å². The first kappa shape index (κ1) is 9.96. The molecule has 3 atom stereocenters. The van der Waals surface area contributed by atoms with Crippen molar-refractivity contribution < 1.29 is 9.84 Å². The van der Waals surface area contributed by atoms with Gasteiger partial charge in [-0.3, -0.25) is 0 Å². The van der Waals surface area contributed by atoms with Crippen molar-refractivity contribution in [1.29, 1.82) is 0 Å². The van der Waals surface area contributed by atoms with Crippen LogP contribution >= 0.6 is 0 Å². The molecule has 3 nitrogen and oxygen atoms in total. The third-order valence-corrected chi connectivity index (χ3v) is 2.53. The summed E-state index contributed by atoms with van der Waals surface area (Å²) >= 11 is 0. The van der Waals surface area contributed by atoms with E-state index < -0.39 is 0 Å².